The Hall–Kier alpha value is -3.12. The third-order valence-corrected chi connectivity index (χ3v) is 6.36. The van der Waals surface area contributed by atoms with Gasteiger partial charge in [0.2, 0.25) is 0 Å². The van der Waals surface area contributed by atoms with Gasteiger partial charge in [-0.15, -0.1) is 0 Å². The zero-order valence-corrected chi connectivity index (χ0v) is 17.9. The number of benzene rings is 3. The van der Waals surface area contributed by atoms with Crippen LogP contribution in [-0.2, 0) is 21.2 Å². The maximum Gasteiger partial charge on any atom is 0.278 e. The maximum absolute atomic E-state index is 13.2. The highest BCUT2D eigenvalue weighted by atomic mass is 32.2. The third-order valence-electron chi connectivity index (χ3n) is 4.60. The fourth-order valence-corrected chi connectivity index (χ4v) is 4.47. The molecule has 0 saturated carbocycles. The van der Waals surface area contributed by atoms with E-state index in [0.717, 1.165) is 22.7 Å². The van der Waals surface area contributed by atoms with Crippen molar-refractivity contribution in [1.82, 2.24) is 0 Å². The monoisotopic (exact) mass is 423 g/mol. The van der Waals surface area contributed by atoms with Crippen molar-refractivity contribution in [2.45, 2.75) is 31.6 Å². The molecule has 0 aliphatic rings. The highest BCUT2D eigenvalue weighted by Crippen LogP contribution is 2.25. The third kappa shape index (κ3) is 5.07. The molecule has 0 bridgehead atoms. The number of hydrogen-bond acceptors (Lipinski definition) is 4. The quantitative estimate of drug-likeness (QED) is 0.525. The summed E-state index contributed by atoms with van der Waals surface area (Å²) in [6, 6.07) is 22.2. The van der Waals surface area contributed by atoms with Gasteiger partial charge in [0.05, 0.1) is 10.6 Å². The van der Waals surface area contributed by atoms with Crippen LogP contribution in [0.15, 0.2) is 83.8 Å². The molecule has 0 N–H and O–H groups in total. The van der Waals surface area contributed by atoms with E-state index < -0.39 is 22.5 Å². The molecule has 0 atom stereocenters. The van der Waals surface area contributed by atoms with Gasteiger partial charge in [0.1, 0.15) is 5.75 Å². The second kappa shape index (κ2) is 9.59. The molecular formula is C24H25NO4S. The number of hydrogen-bond donors (Lipinski definition) is 0. The van der Waals surface area contributed by atoms with Crippen LogP contribution < -0.4 is 9.04 Å². The van der Waals surface area contributed by atoms with E-state index in [1.54, 1.807) is 54.6 Å². The van der Waals surface area contributed by atoms with Crippen molar-refractivity contribution in [2.75, 3.05) is 10.9 Å². The fraction of sp³-hybridized carbons (Fsp3) is 0.208. The first-order valence-corrected chi connectivity index (χ1v) is 11.3. The highest BCUT2D eigenvalue weighted by Gasteiger charge is 2.31. The van der Waals surface area contributed by atoms with E-state index in [1.807, 2.05) is 19.1 Å². The number of sulfonamides is 1. The topological polar surface area (TPSA) is 63.7 Å². The molecule has 1 amide bonds. The minimum absolute atomic E-state index is 0.0443. The number of ether oxygens (including phenoxy) is 1. The molecule has 0 aromatic heterocycles. The van der Waals surface area contributed by atoms with Crippen molar-refractivity contribution < 1.29 is 17.9 Å². The van der Waals surface area contributed by atoms with Crippen LogP contribution in [-0.4, -0.2) is 20.9 Å². The molecule has 0 heterocycles. The lowest BCUT2D eigenvalue weighted by atomic mass is 10.1. The van der Waals surface area contributed by atoms with Crippen LogP contribution in [0.25, 0.3) is 0 Å². The van der Waals surface area contributed by atoms with Gasteiger partial charge in [0.15, 0.2) is 6.61 Å². The average Bonchev–Trinajstić information content (AvgIpc) is 2.75. The number of carbonyl (C=O) groups is 1. The molecule has 3 aromatic rings. The lowest BCUT2D eigenvalue weighted by molar-refractivity contribution is -0.119. The number of nitrogens with zero attached hydrogens (tertiary/aromatic N) is 1. The summed E-state index contributed by atoms with van der Waals surface area (Å²) in [7, 11) is -4.08. The molecule has 156 valence electrons. The second-order valence-corrected chi connectivity index (χ2v) is 8.78. The largest absolute Gasteiger partial charge is 0.484 e. The van der Waals surface area contributed by atoms with Crippen molar-refractivity contribution >= 4 is 21.6 Å². The van der Waals surface area contributed by atoms with E-state index in [0.29, 0.717) is 5.75 Å². The van der Waals surface area contributed by atoms with Crippen molar-refractivity contribution in [3.05, 3.63) is 90.0 Å². The zero-order chi connectivity index (χ0) is 21.6. The summed E-state index contributed by atoms with van der Waals surface area (Å²) in [5.41, 5.74) is 2.42. The summed E-state index contributed by atoms with van der Waals surface area (Å²) < 4.78 is 32.9. The normalized spacial score (nSPS) is 11.1. The molecule has 0 saturated heterocycles. The molecule has 5 nitrogen and oxygen atoms in total. The minimum atomic E-state index is -4.08. The molecular weight excluding hydrogens is 398 g/mol. The summed E-state index contributed by atoms with van der Waals surface area (Å²) in [4.78, 5) is 13.1. The molecule has 0 fully saturated rings. The van der Waals surface area contributed by atoms with Crippen LogP contribution in [0.1, 0.15) is 24.5 Å². The Balaban J connectivity index is 1.86. The summed E-state index contributed by atoms with van der Waals surface area (Å²) >= 11 is 0. The highest BCUT2D eigenvalue weighted by molar-refractivity contribution is 7.93. The second-order valence-electron chi connectivity index (χ2n) is 6.99. The zero-order valence-electron chi connectivity index (χ0n) is 17.1. The molecule has 0 aliphatic carbocycles. The summed E-state index contributed by atoms with van der Waals surface area (Å²) in [5, 5.41) is 0. The van der Waals surface area contributed by atoms with Crippen LogP contribution in [0.5, 0.6) is 5.75 Å². The minimum Gasteiger partial charge on any atom is -0.484 e. The van der Waals surface area contributed by atoms with E-state index in [9.17, 15) is 13.2 Å². The Kier molecular flexibility index (Phi) is 6.90. The smallest absolute Gasteiger partial charge is 0.278 e. The van der Waals surface area contributed by atoms with Crippen molar-refractivity contribution in [3.8, 4) is 5.75 Å². The Labute approximate surface area is 178 Å². The SMILES string of the molecule is CCCc1ccc(OCC(=O)N(c2ccc(C)cc2)S(=O)(=O)c2ccccc2)cc1. The fourth-order valence-electron chi connectivity index (χ4n) is 3.04. The van der Waals surface area contributed by atoms with Gasteiger partial charge in [-0.1, -0.05) is 61.4 Å². The van der Waals surface area contributed by atoms with Gasteiger partial charge in [-0.3, -0.25) is 4.79 Å². The molecule has 0 radical (unpaired) electrons. The van der Waals surface area contributed by atoms with E-state index in [2.05, 4.69) is 6.92 Å². The van der Waals surface area contributed by atoms with Gasteiger partial charge >= 0.3 is 0 Å². The van der Waals surface area contributed by atoms with Crippen LogP contribution in [0.3, 0.4) is 0 Å². The summed E-state index contributed by atoms with van der Waals surface area (Å²) in [6.07, 6.45) is 2.01. The molecule has 0 unspecified atom stereocenters. The van der Waals surface area contributed by atoms with Gasteiger partial charge < -0.3 is 4.74 Å². The number of anilines is 1. The van der Waals surface area contributed by atoms with Gasteiger partial charge in [0, 0.05) is 0 Å². The average molecular weight is 424 g/mol. The van der Waals surface area contributed by atoms with Crippen LogP contribution in [0, 0.1) is 6.92 Å². The van der Waals surface area contributed by atoms with Crippen molar-refractivity contribution in [1.29, 1.82) is 0 Å². The van der Waals surface area contributed by atoms with Gasteiger partial charge in [-0.25, -0.2) is 8.42 Å². The molecule has 6 heteroatoms. The van der Waals surface area contributed by atoms with Crippen molar-refractivity contribution in [3.63, 3.8) is 0 Å². The Morgan fingerprint density at radius 1 is 0.900 bits per heavy atom. The van der Waals surface area contributed by atoms with Crippen LogP contribution in [0.2, 0.25) is 0 Å². The molecule has 3 aromatic carbocycles. The Bertz CT molecular complexity index is 1080. The van der Waals surface area contributed by atoms with Gasteiger partial charge in [0.25, 0.3) is 15.9 Å². The number of rotatable bonds is 8. The predicted molar refractivity (Wildman–Crippen MR) is 118 cm³/mol. The standard InChI is InChI=1S/C24H25NO4S/c1-3-7-20-12-16-22(17-13-20)29-18-24(26)25(21-14-10-19(2)11-15-21)30(27,28)23-8-5-4-6-9-23/h4-6,8-17H,3,7,18H2,1-2H3. The molecule has 0 spiro atoms. The first kappa shape index (κ1) is 21.6. The molecule has 3 rings (SSSR count). The van der Waals surface area contributed by atoms with Crippen LogP contribution in [0.4, 0.5) is 5.69 Å². The Morgan fingerprint density at radius 3 is 2.13 bits per heavy atom. The summed E-state index contributed by atoms with van der Waals surface area (Å²) in [6.45, 7) is 3.61. The van der Waals surface area contributed by atoms with Gasteiger partial charge in [-0.05, 0) is 55.3 Å². The van der Waals surface area contributed by atoms with E-state index in [-0.39, 0.29) is 10.6 Å². The van der Waals surface area contributed by atoms with Crippen LogP contribution >= 0.6 is 0 Å². The number of amides is 1. The first-order valence-electron chi connectivity index (χ1n) is 9.83. The molecule has 0 aliphatic heterocycles. The van der Waals surface area contributed by atoms with Gasteiger partial charge in [-0.2, -0.15) is 4.31 Å². The van der Waals surface area contributed by atoms with E-state index >= 15 is 0 Å². The van der Waals surface area contributed by atoms with E-state index in [1.165, 1.54) is 17.7 Å². The number of aryl methyl sites for hydroxylation is 2. The van der Waals surface area contributed by atoms with Crippen molar-refractivity contribution in [2.24, 2.45) is 0 Å². The van der Waals surface area contributed by atoms with E-state index in [4.69, 9.17) is 4.74 Å². The Morgan fingerprint density at radius 2 is 1.53 bits per heavy atom. The lowest BCUT2D eigenvalue weighted by Gasteiger charge is -2.23. The molecule has 30 heavy (non-hydrogen) atoms. The lowest BCUT2D eigenvalue weighted by Crippen LogP contribution is -2.40. The number of carbonyl (C=O) groups excluding carboxylic acids is 1. The maximum atomic E-state index is 13.2. The first-order chi connectivity index (χ1) is 14.4. The predicted octanol–water partition coefficient (Wildman–Crippen LogP) is 4.75. The summed E-state index contributed by atoms with van der Waals surface area (Å²) in [5.74, 6) is -0.149.